The first-order chi connectivity index (χ1) is 14.3. The number of amides is 1. The molecule has 1 unspecified atom stereocenters. The van der Waals surface area contributed by atoms with Crippen LogP contribution in [0, 0.1) is 6.92 Å². The second-order valence-electron chi connectivity index (χ2n) is 6.83. The van der Waals surface area contributed by atoms with E-state index in [4.69, 9.17) is 4.74 Å². The molecule has 0 spiro atoms. The van der Waals surface area contributed by atoms with Gasteiger partial charge in [0.15, 0.2) is 6.61 Å². The number of hydrogen-bond donors (Lipinski definition) is 1. The summed E-state index contributed by atoms with van der Waals surface area (Å²) in [5.41, 5.74) is 2.68. The summed E-state index contributed by atoms with van der Waals surface area (Å²) < 4.78 is 32.2. The lowest BCUT2D eigenvalue weighted by molar-refractivity contribution is -0.123. The van der Waals surface area contributed by atoms with Crippen LogP contribution in [0.3, 0.4) is 0 Å². The number of sulfonamides is 1. The zero-order chi connectivity index (χ0) is 21.7. The van der Waals surface area contributed by atoms with Gasteiger partial charge in [-0.15, -0.1) is 11.3 Å². The number of nitrogens with zero attached hydrogens (tertiary/aromatic N) is 1. The van der Waals surface area contributed by atoms with Crippen molar-refractivity contribution >= 4 is 33.0 Å². The fourth-order valence-corrected chi connectivity index (χ4v) is 5.38. The summed E-state index contributed by atoms with van der Waals surface area (Å²) in [6.45, 7) is 3.81. The first-order valence-electron chi connectivity index (χ1n) is 9.39. The number of aryl methyl sites for hydroxylation is 1. The molecule has 3 rings (SSSR count). The first kappa shape index (κ1) is 21.9. The zero-order valence-electron chi connectivity index (χ0n) is 17.0. The van der Waals surface area contributed by atoms with E-state index >= 15 is 0 Å². The van der Waals surface area contributed by atoms with Gasteiger partial charge in [-0.3, -0.25) is 9.10 Å². The monoisotopic (exact) mass is 444 g/mol. The number of carbonyl (C=O) groups excluding carboxylic acids is 1. The molecule has 0 fully saturated rings. The molecular weight excluding hydrogens is 420 g/mol. The molecule has 0 saturated heterocycles. The number of hydrogen-bond acceptors (Lipinski definition) is 5. The molecule has 30 heavy (non-hydrogen) atoms. The van der Waals surface area contributed by atoms with E-state index in [0.717, 1.165) is 11.1 Å². The number of rotatable bonds is 8. The molecule has 0 radical (unpaired) electrons. The lowest BCUT2D eigenvalue weighted by Gasteiger charge is -2.19. The van der Waals surface area contributed by atoms with Crippen molar-refractivity contribution in [1.82, 2.24) is 5.32 Å². The molecule has 1 atom stereocenters. The molecule has 1 aromatic heterocycles. The van der Waals surface area contributed by atoms with E-state index in [9.17, 15) is 13.2 Å². The van der Waals surface area contributed by atoms with Crippen LogP contribution in [-0.2, 0) is 14.8 Å². The van der Waals surface area contributed by atoms with Crippen LogP contribution in [-0.4, -0.2) is 28.0 Å². The highest BCUT2D eigenvalue weighted by molar-refractivity contribution is 7.94. The smallest absolute Gasteiger partial charge is 0.273 e. The molecule has 1 N–H and O–H groups in total. The number of nitrogens with one attached hydrogen (secondary N) is 1. The summed E-state index contributed by atoms with van der Waals surface area (Å²) in [6.07, 6.45) is 0. The van der Waals surface area contributed by atoms with E-state index in [2.05, 4.69) is 5.32 Å². The maximum Gasteiger partial charge on any atom is 0.273 e. The molecule has 2 aromatic carbocycles. The molecule has 1 amide bonds. The van der Waals surface area contributed by atoms with Crippen molar-refractivity contribution in [2.75, 3.05) is 18.0 Å². The number of benzene rings is 2. The minimum absolute atomic E-state index is 0.124. The molecule has 0 saturated carbocycles. The lowest BCUT2D eigenvalue weighted by Crippen LogP contribution is -2.31. The van der Waals surface area contributed by atoms with Crippen LogP contribution in [0.25, 0.3) is 0 Å². The number of anilines is 1. The van der Waals surface area contributed by atoms with E-state index in [0.29, 0.717) is 11.4 Å². The molecule has 158 valence electrons. The Morgan fingerprint density at radius 2 is 1.80 bits per heavy atom. The van der Waals surface area contributed by atoms with Crippen LogP contribution < -0.4 is 14.4 Å². The van der Waals surface area contributed by atoms with Gasteiger partial charge in [0.25, 0.3) is 15.9 Å². The third-order valence-electron chi connectivity index (χ3n) is 4.71. The van der Waals surface area contributed by atoms with Crippen LogP contribution in [0.15, 0.2) is 70.3 Å². The van der Waals surface area contributed by atoms with Crippen LogP contribution in [0.4, 0.5) is 5.69 Å². The summed E-state index contributed by atoms with van der Waals surface area (Å²) in [7, 11) is -2.08. The molecule has 0 aliphatic carbocycles. The van der Waals surface area contributed by atoms with Gasteiger partial charge < -0.3 is 10.1 Å². The number of ether oxygens (including phenoxy) is 1. The van der Waals surface area contributed by atoms with Crippen molar-refractivity contribution in [2.45, 2.75) is 24.1 Å². The summed E-state index contributed by atoms with van der Waals surface area (Å²) in [5.74, 6) is 0.256. The van der Waals surface area contributed by atoms with Crippen LogP contribution >= 0.6 is 11.3 Å². The van der Waals surface area contributed by atoms with Crippen molar-refractivity contribution < 1.29 is 17.9 Å². The van der Waals surface area contributed by atoms with Crippen LogP contribution in [0.5, 0.6) is 5.75 Å². The summed E-state index contributed by atoms with van der Waals surface area (Å²) in [6, 6.07) is 17.6. The predicted octanol–water partition coefficient (Wildman–Crippen LogP) is 4.14. The Balaban J connectivity index is 1.57. The van der Waals surface area contributed by atoms with Crippen molar-refractivity contribution in [3.8, 4) is 5.75 Å². The predicted molar refractivity (Wildman–Crippen MR) is 120 cm³/mol. The maximum absolute atomic E-state index is 12.6. The van der Waals surface area contributed by atoms with Gasteiger partial charge in [0, 0.05) is 7.05 Å². The number of carbonyl (C=O) groups is 1. The van der Waals surface area contributed by atoms with Crippen LogP contribution in [0.2, 0.25) is 0 Å². The molecule has 0 bridgehead atoms. The van der Waals surface area contributed by atoms with Crippen LogP contribution in [0.1, 0.15) is 24.1 Å². The quantitative estimate of drug-likeness (QED) is 0.567. The molecule has 8 heteroatoms. The Labute approximate surface area is 181 Å². The molecule has 3 aromatic rings. The van der Waals surface area contributed by atoms with E-state index in [1.54, 1.807) is 41.8 Å². The average molecular weight is 445 g/mol. The Hall–Kier alpha value is -2.84. The third kappa shape index (κ3) is 5.01. The Bertz CT molecular complexity index is 1090. The second-order valence-corrected chi connectivity index (χ2v) is 9.98. The Morgan fingerprint density at radius 1 is 1.10 bits per heavy atom. The first-order valence-corrected chi connectivity index (χ1v) is 11.7. The molecule has 0 aliphatic heterocycles. The Morgan fingerprint density at radius 3 is 2.43 bits per heavy atom. The second kappa shape index (κ2) is 9.32. The largest absolute Gasteiger partial charge is 0.484 e. The SMILES string of the molecule is Cc1ccccc1C(C)NC(=O)COc1ccc(N(C)S(=O)(=O)c2cccs2)cc1. The molecular formula is C22H24N2O4S2. The van der Waals surface area contributed by atoms with Gasteiger partial charge in [-0.05, 0) is 60.7 Å². The maximum atomic E-state index is 12.6. The molecule has 1 heterocycles. The van der Waals surface area contributed by atoms with Crippen molar-refractivity contribution in [2.24, 2.45) is 0 Å². The van der Waals surface area contributed by atoms with Crippen molar-refractivity contribution in [3.05, 3.63) is 77.2 Å². The van der Waals surface area contributed by atoms with Gasteiger partial charge >= 0.3 is 0 Å². The number of thiophene rings is 1. The normalized spacial score (nSPS) is 12.2. The molecule has 6 nitrogen and oxygen atoms in total. The van der Waals surface area contributed by atoms with Gasteiger partial charge in [-0.2, -0.15) is 0 Å². The summed E-state index contributed by atoms with van der Waals surface area (Å²) in [5, 5.41) is 4.65. The standard InChI is InChI=1S/C22H24N2O4S2/c1-16-7-4-5-8-20(16)17(2)23-21(25)15-28-19-12-10-18(11-13-19)24(3)30(26,27)22-9-6-14-29-22/h4-14,17H,15H2,1-3H3,(H,23,25). The minimum atomic E-state index is -3.58. The lowest BCUT2D eigenvalue weighted by atomic mass is 10.0. The van der Waals surface area contributed by atoms with E-state index < -0.39 is 10.0 Å². The topological polar surface area (TPSA) is 75.7 Å². The third-order valence-corrected chi connectivity index (χ3v) is 7.87. The van der Waals surface area contributed by atoms with E-state index in [-0.39, 0.29) is 22.8 Å². The summed E-state index contributed by atoms with van der Waals surface area (Å²) >= 11 is 1.17. The van der Waals surface area contributed by atoms with Gasteiger partial charge in [-0.1, -0.05) is 30.3 Å². The average Bonchev–Trinajstić information content (AvgIpc) is 3.28. The highest BCUT2D eigenvalue weighted by atomic mass is 32.2. The van der Waals surface area contributed by atoms with Gasteiger partial charge in [0.05, 0.1) is 11.7 Å². The van der Waals surface area contributed by atoms with Gasteiger partial charge in [-0.25, -0.2) is 8.42 Å². The van der Waals surface area contributed by atoms with Crippen molar-refractivity contribution in [1.29, 1.82) is 0 Å². The van der Waals surface area contributed by atoms with Crippen molar-refractivity contribution in [3.63, 3.8) is 0 Å². The molecule has 0 aliphatic rings. The fourth-order valence-electron chi connectivity index (χ4n) is 3.02. The fraction of sp³-hybridized carbons (Fsp3) is 0.227. The minimum Gasteiger partial charge on any atom is -0.484 e. The Kier molecular flexibility index (Phi) is 6.79. The van der Waals surface area contributed by atoms with E-state index in [1.807, 2.05) is 38.1 Å². The highest BCUT2D eigenvalue weighted by Gasteiger charge is 2.22. The highest BCUT2D eigenvalue weighted by Crippen LogP contribution is 2.26. The zero-order valence-corrected chi connectivity index (χ0v) is 18.7. The van der Waals surface area contributed by atoms with Gasteiger partial charge in [0.2, 0.25) is 0 Å². The summed E-state index contributed by atoms with van der Waals surface area (Å²) in [4.78, 5) is 12.2. The van der Waals surface area contributed by atoms with Gasteiger partial charge in [0.1, 0.15) is 9.96 Å². The van der Waals surface area contributed by atoms with E-state index in [1.165, 1.54) is 22.7 Å².